The molecule has 0 saturated carbocycles. The highest BCUT2D eigenvalue weighted by Crippen LogP contribution is 2.14. The Balaban J connectivity index is 1.98. The number of nitrogens with one attached hydrogen (secondary N) is 1. The molecule has 1 heterocycles. The monoisotopic (exact) mass is 366 g/mol. The van der Waals surface area contributed by atoms with Crippen LogP contribution < -0.4 is 19.3 Å². The summed E-state index contributed by atoms with van der Waals surface area (Å²) in [6, 6.07) is 8.29. The van der Waals surface area contributed by atoms with E-state index in [-0.39, 0.29) is 24.1 Å². The first-order chi connectivity index (χ1) is 11.8. The lowest BCUT2D eigenvalue weighted by Crippen LogP contribution is -2.28. The molecule has 0 aliphatic heterocycles. The summed E-state index contributed by atoms with van der Waals surface area (Å²) in [4.78, 5) is 16.3. The first kappa shape index (κ1) is 18.9. The van der Waals surface area contributed by atoms with Gasteiger partial charge in [-0.05, 0) is 12.1 Å². The van der Waals surface area contributed by atoms with Crippen LogP contribution in [-0.2, 0) is 10.0 Å². The molecular formula is C15H22N6O3S. The quantitative estimate of drug-likeness (QED) is 0.669. The molecule has 0 aliphatic rings. The molecule has 25 heavy (non-hydrogen) atoms. The highest BCUT2D eigenvalue weighted by Gasteiger charge is 2.14. The molecule has 2 aromatic rings. The van der Waals surface area contributed by atoms with Crippen LogP contribution in [0.25, 0.3) is 0 Å². The van der Waals surface area contributed by atoms with Crippen molar-refractivity contribution in [3.05, 3.63) is 30.3 Å². The van der Waals surface area contributed by atoms with Gasteiger partial charge in [0.05, 0.1) is 4.90 Å². The van der Waals surface area contributed by atoms with Gasteiger partial charge in [-0.15, -0.1) is 0 Å². The van der Waals surface area contributed by atoms with E-state index in [1.807, 2.05) is 28.2 Å². The molecule has 1 aromatic carbocycles. The van der Waals surface area contributed by atoms with E-state index in [9.17, 15) is 8.42 Å². The Morgan fingerprint density at radius 1 is 0.960 bits per heavy atom. The van der Waals surface area contributed by atoms with Crippen LogP contribution in [0.5, 0.6) is 6.01 Å². The number of anilines is 2. The minimum atomic E-state index is -3.56. The van der Waals surface area contributed by atoms with Crippen LogP contribution in [0.2, 0.25) is 0 Å². The zero-order valence-corrected chi connectivity index (χ0v) is 15.5. The first-order valence-corrected chi connectivity index (χ1v) is 9.06. The average molecular weight is 366 g/mol. The van der Waals surface area contributed by atoms with Gasteiger partial charge in [0.25, 0.3) is 0 Å². The SMILES string of the molecule is CN(C)c1nc(OCCNS(=O)(=O)c2ccccc2)nc(N(C)C)n1. The third-order valence-corrected chi connectivity index (χ3v) is 4.55. The van der Waals surface area contributed by atoms with Crippen LogP contribution in [0.1, 0.15) is 0 Å². The van der Waals surface area contributed by atoms with Gasteiger partial charge in [-0.25, -0.2) is 13.1 Å². The minimum Gasteiger partial charge on any atom is -0.462 e. The number of aromatic nitrogens is 3. The summed E-state index contributed by atoms with van der Waals surface area (Å²) in [6.45, 7) is 0.188. The summed E-state index contributed by atoms with van der Waals surface area (Å²) < 4.78 is 32.2. The molecule has 0 radical (unpaired) electrons. The lowest BCUT2D eigenvalue weighted by molar-refractivity contribution is 0.297. The van der Waals surface area contributed by atoms with Gasteiger partial charge in [-0.2, -0.15) is 15.0 Å². The largest absolute Gasteiger partial charge is 0.462 e. The van der Waals surface area contributed by atoms with Crippen LogP contribution >= 0.6 is 0 Å². The number of sulfonamides is 1. The summed E-state index contributed by atoms with van der Waals surface area (Å²) in [5.74, 6) is 0.914. The van der Waals surface area contributed by atoms with Gasteiger partial charge in [0.1, 0.15) is 6.61 Å². The second-order valence-electron chi connectivity index (χ2n) is 5.57. The number of hydrogen-bond acceptors (Lipinski definition) is 8. The molecule has 0 aliphatic carbocycles. The van der Waals surface area contributed by atoms with Gasteiger partial charge < -0.3 is 14.5 Å². The van der Waals surface area contributed by atoms with Crippen molar-refractivity contribution in [2.24, 2.45) is 0 Å². The third kappa shape index (κ3) is 5.26. The summed E-state index contributed by atoms with van der Waals surface area (Å²) in [7, 11) is 3.69. The maximum atomic E-state index is 12.1. The van der Waals surface area contributed by atoms with Gasteiger partial charge in [0.15, 0.2) is 0 Å². The molecule has 0 saturated heterocycles. The number of ether oxygens (including phenoxy) is 1. The summed E-state index contributed by atoms with van der Waals surface area (Å²) >= 11 is 0. The molecule has 1 aromatic heterocycles. The standard InChI is InChI=1S/C15H22N6O3S/c1-20(2)13-17-14(21(3)4)19-15(18-13)24-11-10-16-25(22,23)12-8-6-5-7-9-12/h5-9,16H,10-11H2,1-4H3. The maximum Gasteiger partial charge on any atom is 0.323 e. The smallest absolute Gasteiger partial charge is 0.323 e. The molecule has 0 spiro atoms. The van der Waals surface area contributed by atoms with Gasteiger partial charge in [0.2, 0.25) is 21.9 Å². The van der Waals surface area contributed by atoms with E-state index in [4.69, 9.17) is 4.74 Å². The Hall–Kier alpha value is -2.46. The first-order valence-electron chi connectivity index (χ1n) is 7.58. The molecule has 2 rings (SSSR count). The molecule has 10 heteroatoms. The predicted octanol–water partition coefficient (Wildman–Crippen LogP) is 0.361. The lowest BCUT2D eigenvalue weighted by atomic mass is 10.4. The van der Waals surface area contributed by atoms with E-state index < -0.39 is 10.0 Å². The highest BCUT2D eigenvalue weighted by molar-refractivity contribution is 7.89. The van der Waals surface area contributed by atoms with Crippen molar-refractivity contribution in [3.63, 3.8) is 0 Å². The molecule has 1 N–H and O–H groups in total. The van der Waals surface area contributed by atoms with E-state index in [1.54, 1.807) is 28.0 Å². The van der Waals surface area contributed by atoms with Gasteiger partial charge >= 0.3 is 6.01 Å². The van der Waals surface area contributed by atoms with E-state index in [0.29, 0.717) is 11.9 Å². The van der Waals surface area contributed by atoms with Crippen molar-refractivity contribution >= 4 is 21.9 Å². The van der Waals surface area contributed by atoms with E-state index in [0.717, 1.165) is 0 Å². The molecule has 9 nitrogen and oxygen atoms in total. The van der Waals surface area contributed by atoms with Crippen molar-refractivity contribution in [2.45, 2.75) is 4.90 Å². The molecule has 136 valence electrons. The van der Waals surface area contributed by atoms with Gasteiger partial charge in [-0.1, -0.05) is 18.2 Å². The molecule has 0 amide bonds. The Labute approximate surface area is 147 Å². The van der Waals surface area contributed by atoms with Gasteiger partial charge in [-0.3, -0.25) is 0 Å². The van der Waals surface area contributed by atoms with Gasteiger partial charge in [0, 0.05) is 34.7 Å². The van der Waals surface area contributed by atoms with Crippen molar-refractivity contribution < 1.29 is 13.2 Å². The number of nitrogens with zero attached hydrogens (tertiary/aromatic N) is 5. The van der Waals surface area contributed by atoms with Crippen LogP contribution in [0.4, 0.5) is 11.9 Å². The predicted molar refractivity (Wildman–Crippen MR) is 95.6 cm³/mol. The van der Waals surface area contributed by atoms with Crippen LogP contribution in [0, 0.1) is 0 Å². The number of benzene rings is 1. The second-order valence-corrected chi connectivity index (χ2v) is 7.33. The fourth-order valence-corrected chi connectivity index (χ4v) is 2.84. The molecular weight excluding hydrogens is 344 g/mol. The molecule has 0 fully saturated rings. The second kappa shape index (κ2) is 8.08. The summed E-state index contributed by atoms with van der Waals surface area (Å²) in [6.07, 6.45) is 0. The molecule has 0 bridgehead atoms. The van der Waals surface area contributed by atoms with E-state index >= 15 is 0 Å². The van der Waals surface area contributed by atoms with Crippen molar-refractivity contribution in [1.29, 1.82) is 0 Å². The fraction of sp³-hybridized carbons (Fsp3) is 0.400. The maximum absolute atomic E-state index is 12.1. The topological polar surface area (TPSA) is 101 Å². The molecule has 0 unspecified atom stereocenters. The zero-order chi connectivity index (χ0) is 18.4. The Kier molecular flexibility index (Phi) is 6.10. The minimum absolute atomic E-state index is 0.0931. The van der Waals surface area contributed by atoms with Crippen molar-refractivity contribution in [1.82, 2.24) is 19.7 Å². The number of rotatable bonds is 8. The zero-order valence-electron chi connectivity index (χ0n) is 14.7. The van der Waals surface area contributed by atoms with E-state index in [2.05, 4.69) is 19.7 Å². The van der Waals surface area contributed by atoms with Crippen molar-refractivity contribution in [3.8, 4) is 6.01 Å². The lowest BCUT2D eigenvalue weighted by Gasteiger charge is -2.16. The Morgan fingerprint density at radius 3 is 2.04 bits per heavy atom. The highest BCUT2D eigenvalue weighted by atomic mass is 32.2. The summed E-state index contributed by atoms with van der Waals surface area (Å²) in [5.41, 5.74) is 0. The van der Waals surface area contributed by atoms with E-state index in [1.165, 1.54) is 12.1 Å². The fourth-order valence-electron chi connectivity index (χ4n) is 1.80. The average Bonchev–Trinajstić information content (AvgIpc) is 2.59. The van der Waals surface area contributed by atoms with Crippen molar-refractivity contribution in [2.75, 3.05) is 51.1 Å². The normalized spacial score (nSPS) is 11.2. The third-order valence-electron chi connectivity index (χ3n) is 3.07. The Morgan fingerprint density at radius 2 is 1.52 bits per heavy atom. The van der Waals surface area contributed by atoms with Crippen LogP contribution in [0.3, 0.4) is 0 Å². The summed E-state index contributed by atoms with van der Waals surface area (Å²) in [5, 5.41) is 0. The van der Waals surface area contributed by atoms with Crippen LogP contribution in [0.15, 0.2) is 35.2 Å². The van der Waals surface area contributed by atoms with Crippen LogP contribution in [-0.4, -0.2) is 64.7 Å². The molecule has 0 atom stereocenters. The number of hydrogen-bond donors (Lipinski definition) is 1. The Bertz CT molecular complexity index is 770.